The molecule has 0 heterocycles. The molecule has 1 nitrogen and oxygen atoms in total. The van der Waals surface area contributed by atoms with Gasteiger partial charge in [-0.1, -0.05) is 33.1 Å². The Morgan fingerprint density at radius 1 is 1.36 bits per heavy atom. The Bertz CT molecular complexity index is 149. The zero-order valence-electron chi connectivity index (χ0n) is 9.88. The van der Waals surface area contributed by atoms with E-state index in [-0.39, 0.29) is 0 Å². The van der Waals surface area contributed by atoms with Crippen molar-refractivity contribution in [2.24, 2.45) is 5.92 Å². The molecule has 14 heavy (non-hydrogen) atoms. The Kier molecular flexibility index (Phi) is 5.95. The van der Waals surface area contributed by atoms with Crippen LogP contribution in [-0.4, -0.2) is 24.1 Å². The minimum atomic E-state index is 0.759. The lowest BCUT2D eigenvalue weighted by molar-refractivity contribution is 0.257. The monoisotopic (exact) mass is 215 g/mol. The molecule has 0 aromatic carbocycles. The molecule has 1 rings (SSSR count). The van der Waals surface area contributed by atoms with Gasteiger partial charge in [0, 0.05) is 17.8 Å². The Balaban J connectivity index is 2.26. The number of hydrogen-bond acceptors (Lipinski definition) is 2. The summed E-state index contributed by atoms with van der Waals surface area (Å²) in [5, 5.41) is 4.51. The molecule has 0 aromatic heterocycles. The fourth-order valence-corrected chi connectivity index (χ4v) is 2.63. The maximum Gasteiger partial charge on any atom is 0.0141 e. The van der Waals surface area contributed by atoms with Crippen LogP contribution in [0.4, 0.5) is 0 Å². The maximum atomic E-state index is 3.75. The molecule has 2 heteroatoms. The molecule has 0 bridgehead atoms. The second-order valence-corrected chi connectivity index (χ2v) is 5.79. The van der Waals surface area contributed by atoms with Crippen molar-refractivity contribution in [1.29, 1.82) is 0 Å². The van der Waals surface area contributed by atoms with E-state index in [2.05, 4.69) is 25.4 Å². The molecule has 0 aromatic rings. The van der Waals surface area contributed by atoms with Crippen molar-refractivity contribution < 1.29 is 0 Å². The van der Waals surface area contributed by atoms with Crippen LogP contribution in [0.1, 0.15) is 46.0 Å². The summed E-state index contributed by atoms with van der Waals surface area (Å²) < 4.78 is 0. The summed E-state index contributed by atoms with van der Waals surface area (Å²) >= 11 is 1.96. The van der Waals surface area contributed by atoms with Gasteiger partial charge in [0.2, 0.25) is 0 Å². The van der Waals surface area contributed by atoms with Crippen LogP contribution in [-0.2, 0) is 0 Å². The molecule has 3 atom stereocenters. The standard InChI is InChI=1S/C12H25NS/c1-4-11-7-5-6-8-12(11)13-9-10(2)14-3/h10-13H,4-9H2,1-3H3. The Labute approximate surface area is 93.4 Å². The van der Waals surface area contributed by atoms with Gasteiger partial charge in [-0.2, -0.15) is 11.8 Å². The number of thioether (sulfide) groups is 1. The van der Waals surface area contributed by atoms with Gasteiger partial charge in [0.25, 0.3) is 0 Å². The molecule has 0 radical (unpaired) electrons. The number of hydrogen-bond donors (Lipinski definition) is 1. The zero-order valence-corrected chi connectivity index (χ0v) is 10.7. The van der Waals surface area contributed by atoms with E-state index in [4.69, 9.17) is 0 Å². The average molecular weight is 215 g/mol. The van der Waals surface area contributed by atoms with Crippen molar-refractivity contribution in [2.75, 3.05) is 12.8 Å². The van der Waals surface area contributed by atoms with Crippen LogP contribution in [0.25, 0.3) is 0 Å². The fourth-order valence-electron chi connectivity index (χ4n) is 2.37. The summed E-state index contributed by atoms with van der Waals surface area (Å²) in [5.74, 6) is 0.942. The molecular weight excluding hydrogens is 190 g/mol. The maximum absolute atomic E-state index is 3.75. The first-order valence-electron chi connectivity index (χ1n) is 6.04. The largest absolute Gasteiger partial charge is 0.313 e. The van der Waals surface area contributed by atoms with Gasteiger partial charge in [-0.05, 0) is 25.0 Å². The average Bonchev–Trinajstić information content (AvgIpc) is 2.26. The number of rotatable bonds is 5. The number of nitrogens with one attached hydrogen (secondary N) is 1. The first kappa shape index (κ1) is 12.4. The van der Waals surface area contributed by atoms with Crippen LogP contribution in [0, 0.1) is 5.92 Å². The van der Waals surface area contributed by atoms with Crippen molar-refractivity contribution >= 4 is 11.8 Å². The summed E-state index contributed by atoms with van der Waals surface area (Å²) in [7, 11) is 0. The van der Waals surface area contributed by atoms with Crippen LogP contribution in [0.15, 0.2) is 0 Å². The van der Waals surface area contributed by atoms with Crippen molar-refractivity contribution in [3.63, 3.8) is 0 Å². The van der Waals surface area contributed by atoms with Gasteiger partial charge in [-0.15, -0.1) is 0 Å². The second-order valence-electron chi connectivity index (χ2n) is 4.51. The molecule has 0 amide bonds. The van der Waals surface area contributed by atoms with Gasteiger partial charge in [-0.3, -0.25) is 0 Å². The van der Waals surface area contributed by atoms with Crippen LogP contribution < -0.4 is 5.32 Å². The van der Waals surface area contributed by atoms with E-state index in [1.165, 1.54) is 38.6 Å². The molecule has 1 saturated carbocycles. The predicted octanol–water partition coefficient (Wildman–Crippen LogP) is 3.30. The van der Waals surface area contributed by atoms with Crippen molar-refractivity contribution in [2.45, 2.75) is 57.2 Å². The molecule has 1 aliphatic rings. The molecule has 1 fully saturated rings. The van der Waals surface area contributed by atoms with E-state index in [0.29, 0.717) is 0 Å². The van der Waals surface area contributed by atoms with Crippen LogP contribution in [0.3, 0.4) is 0 Å². The van der Waals surface area contributed by atoms with Gasteiger partial charge in [-0.25, -0.2) is 0 Å². The molecular formula is C12H25NS. The van der Waals surface area contributed by atoms with Crippen molar-refractivity contribution in [3.05, 3.63) is 0 Å². The minimum Gasteiger partial charge on any atom is -0.313 e. The van der Waals surface area contributed by atoms with E-state index < -0.39 is 0 Å². The SMILES string of the molecule is CCC1CCCCC1NCC(C)SC. The smallest absolute Gasteiger partial charge is 0.0141 e. The molecule has 1 N–H and O–H groups in total. The zero-order chi connectivity index (χ0) is 10.4. The molecule has 3 unspecified atom stereocenters. The van der Waals surface area contributed by atoms with Gasteiger partial charge in [0.15, 0.2) is 0 Å². The lowest BCUT2D eigenvalue weighted by Crippen LogP contribution is -2.40. The third-order valence-corrected chi connectivity index (χ3v) is 4.47. The molecule has 0 saturated heterocycles. The highest BCUT2D eigenvalue weighted by Gasteiger charge is 2.23. The van der Waals surface area contributed by atoms with E-state index in [0.717, 1.165) is 17.2 Å². The topological polar surface area (TPSA) is 12.0 Å². The molecule has 1 aliphatic carbocycles. The van der Waals surface area contributed by atoms with E-state index >= 15 is 0 Å². The summed E-state index contributed by atoms with van der Waals surface area (Å²) in [6, 6.07) is 0.809. The lowest BCUT2D eigenvalue weighted by atomic mass is 9.83. The van der Waals surface area contributed by atoms with Crippen LogP contribution in [0.2, 0.25) is 0 Å². The molecule has 0 aliphatic heterocycles. The molecule has 84 valence electrons. The first-order valence-corrected chi connectivity index (χ1v) is 7.32. The van der Waals surface area contributed by atoms with Gasteiger partial charge < -0.3 is 5.32 Å². The second kappa shape index (κ2) is 6.73. The quantitative estimate of drug-likeness (QED) is 0.755. The lowest BCUT2D eigenvalue weighted by Gasteiger charge is -2.32. The third-order valence-electron chi connectivity index (χ3n) is 3.50. The van der Waals surface area contributed by atoms with Gasteiger partial charge >= 0.3 is 0 Å². The van der Waals surface area contributed by atoms with Gasteiger partial charge in [0.05, 0.1) is 0 Å². The molecule has 0 spiro atoms. The minimum absolute atomic E-state index is 0.759. The van der Waals surface area contributed by atoms with Crippen molar-refractivity contribution in [1.82, 2.24) is 5.32 Å². The fraction of sp³-hybridized carbons (Fsp3) is 1.00. The summed E-state index contributed by atoms with van der Waals surface area (Å²) in [6.07, 6.45) is 9.29. The van der Waals surface area contributed by atoms with Crippen molar-refractivity contribution in [3.8, 4) is 0 Å². The van der Waals surface area contributed by atoms with Crippen LogP contribution in [0.5, 0.6) is 0 Å². The van der Waals surface area contributed by atoms with E-state index in [9.17, 15) is 0 Å². The summed E-state index contributed by atoms with van der Waals surface area (Å²) in [5.41, 5.74) is 0. The summed E-state index contributed by atoms with van der Waals surface area (Å²) in [4.78, 5) is 0. The summed E-state index contributed by atoms with van der Waals surface area (Å²) in [6.45, 7) is 5.83. The normalized spacial score (nSPS) is 30.2. The van der Waals surface area contributed by atoms with E-state index in [1.807, 2.05) is 11.8 Å². The highest BCUT2D eigenvalue weighted by Crippen LogP contribution is 2.26. The highest BCUT2D eigenvalue weighted by atomic mass is 32.2. The Hall–Kier alpha value is 0.310. The third kappa shape index (κ3) is 3.82. The Morgan fingerprint density at radius 2 is 2.07 bits per heavy atom. The van der Waals surface area contributed by atoms with Crippen LogP contribution >= 0.6 is 11.8 Å². The van der Waals surface area contributed by atoms with Gasteiger partial charge in [0.1, 0.15) is 0 Å². The van der Waals surface area contributed by atoms with E-state index in [1.54, 1.807) is 0 Å². The first-order chi connectivity index (χ1) is 6.77. The Morgan fingerprint density at radius 3 is 2.71 bits per heavy atom. The predicted molar refractivity (Wildman–Crippen MR) is 67.0 cm³/mol. The highest BCUT2D eigenvalue weighted by molar-refractivity contribution is 7.99.